The van der Waals surface area contributed by atoms with E-state index in [0.717, 1.165) is 0 Å². The van der Waals surface area contributed by atoms with Gasteiger partial charge in [0.15, 0.2) is 0 Å². The molecule has 0 aromatic carbocycles. The Morgan fingerprint density at radius 2 is 1.77 bits per heavy atom. The van der Waals surface area contributed by atoms with Crippen LogP contribution in [0.4, 0.5) is 18.0 Å². The normalized spacial score (nSPS) is 14.1. The number of alkyl halides is 3. The first-order chi connectivity index (χ1) is 13.6. The SMILES string of the molecule is CC(COc1ncc(C(F)(F)F)cc1Cl)NC(=O)[C@@H](NC(=O)OC(C)(C)C)C(C)C. The van der Waals surface area contributed by atoms with E-state index in [4.69, 9.17) is 21.1 Å². The molecular formula is C19H27ClF3N3O4. The van der Waals surface area contributed by atoms with E-state index in [1.165, 1.54) is 0 Å². The number of hydrogen-bond acceptors (Lipinski definition) is 5. The highest BCUT2D eigenvalue weighted by atomic mass is 35.5. The number of carbonyl (C=O) groups is 2. The molecule has 0 spiro atoms. The predicted octanol–water partition coefficient (Wildman–Crippen LogP) is 4.19. The molecule has 0 aliphatic carbocycles. The first kappa shape index (κ1) is 25.8. The van der Waals surface area contributed by atoms with Crippen molar-refractivity contribution in [3.8, 4) is 5.88 Å². The Bertz CT molecular complexity index is 752. The van der Waals surface area contributed by atoms with Gasteiger partial charge in [0.05, 0.1) is 11.6 Å². The lowest BCUT2D eigenvalue weighted by Crippen LogP contribution is -2.53. The Kier molecular flexibility index (Phi) is 8.76. The molecule has 0 fully saturated rings. The fourth-order valence-corrected chi connectivity index (χ4v) is 2.46. The zero-order valence-corrected chi connectivity index (χ0v) is 18.4. The van der Waals surface area contributed by atoms with Gasteiger partial charge < -0.3 is 20.1 Å². The van der Waals surface area contributed by atoms with Gasteiger partial charge in [0.25, 0.3) is 0 Å². The largest absolute Gasteiger partial charge is 0.474 e. The highest BCUT2D eigenvalue weighted by Gasteiger charge is 2.32. The zero-order valence-electron chi connectivity index (χ0n) is 17.7. The van der Waals surface area contributed by atoms with Gasteiger partial charge in [-0.25, -0.2) is 9.78 Å². The Balaban J connectivity index is 2.67. The Hall–Kier alpha value is -2.23. The molecule has 170 valence electrons. The third-order valence-electron chi connectivity index (χ3n) is 3.61. The van der Waals surface area contributed by atoms with Gasteiger partial charge in [0.1, 0.15) is 23.3 Å². The van der Waals surface area contributed by atoms with Crippen LogP contribution >= 0.6 is 11.6 Å². The minimum absolute atomic E-state index is 0.0962. The third kappa shape index (κ3) is 8.64. The summed E-state index contributed by atoms with van der Waals surface area (Å²) in [4.78, 5) is 28.1. The third-order valence-corrected chi connectivity index (χ3v) is 3.89. The molecule has 11 heteroatoms. The number of hydrogen-bond donors (Lipinski definition) is 2. The van der Waals surface area contributed by atoms with Crippen molar-refractivity contribution in [3.63, 3.8) is 0 Å². The number of aromatic nitrogens is 1. The van der Waals surface area contributed by atoms with Crippen molar-refractivity contribution in [2.45, 2.75) is 65.4 Å². The summed E-state index contributed by atoms with van der Waals surface area (Å²) in [5.74, 6) is -0.867. The fourth-order valence-electron chi connectivity index (χ4n) is 2.23. The fraction of sp³-hybridized carbons (Fsp3) is 0.632. The van der Waals surface area contributed by atoms with Gasteiger partial charge in [-0.3, -0.25) is 4.79 Å². The second kappa shape index (κ2) is 10.2. The number of ether oxygens (including phenoxy) is 2. The highest BCUT2D eigenvalue weighted by Crippen LogP contribution is 2.33. The van der Waals surface area contributed by atoms with Crippen LogP contribution in [0.1, 0.15) is 47.1 Å². The second-order valence-electron chi connectivity index (χ2n) is 8.10. The Morgan fingerprint density at radius 3 is 2.23 bits per heavy atom. The summed E-state index contributed by atoms with van der Waals surface area (Å²) in [5, 5.41) is 4.90. The molecule has 1 rings (SSSR count). The number of rotatable bonds is 7. The van der Waals surface area contributed by atoms with Gasteiger partial charge in [-0.05, 0) is 39.7 Å². The topological polar surface area (TPSA) is 89.5 Å². The van der Waals surface area contributed by atoms with Crippen molar-refractivity contribution in [1.82, 2.24) is 15.6 Å². The summed E-state index contributed by atoms with van der Waals surface area (Å²) < 4.78 is 48.4. The van der Waals surface area contributed by atoms with E-state index in [-0.39, 0.29) is 23.4 Å². The summed E-state index contributed by atoms with van der Waals surface area (Å²) in [5.41, 5.74) is -1.70. The first-order valence-corrected chi connectivity index (χ1v) is 9.63. The molecule has 2 atom stereocenters. The maximum absolute atomic E-state index is 12.7. The summed E-state index contributed by atoms with van der Waals surface area (Å²) >= 11 is 5.79. The van der Waals surface area contributed by atoms with Crippen LogP contribution in [0.25, 0.3) is 0 Å². The standard InChI is InChI=1S/C19H27ClF3N3O4/c1-10(2)14(26-17(28)30-18(4,5)6)15(27)25-11(3)9-29-16-13(20)7-12(8-24-16)19(21,22)23/h7-8,10-11,14H,9H2,1-6H3,(H,25,27)(H,26,28)/t11?,14-/m0/s1. The van der Waals surface area contributed by atoms with Gasteiger partial charge >= 0.3 is 12.3 Å². The van der Waals surface area contributed by atoms with Crippen LogP contribution in [0.5, 0.6) is 5.88 Å². The van der Waals surface area contributed by atoms with Crippen LogP contribution in [0, 0.1) is 5.92 Å². The van der Waals surface area contributed by atoms with Crippen molar-refractivity contribution in [2.24, 2.45) is 5.92 Å². The number of alkyl carbamates (subject to hydrolysis) is 1. The van der Waals surface area contributed by atoms with Gasteiger partial charge in [0, 0.05) is 6.20 Å². The number of nitrogens with one attached hydrogen (secondary N) is 2. The predicted molar refractivity (Wildman–Crippen MR) is 105 cm³/mol. The van der Waals surface area contributed by atoms with Crippen LogP contribution in [0.2, 0.25) is 5.02 Å². The summed E-state index contributed by atoms with van der Waals surface area (Å²) in [6, 6.07) is -0.679. The van der Waals surface area contributed by atoms with Crippen LogP contribution < -0.4 is 15.4 Å². The van der Waals surface area contributed by atoms with E-state index in [9.17, 15) is 22.8 Å². The van der Waals surface area contributed by atoms with Crippen molar-refractivity contribution < 1.29 is 32.2 Å². The van der Waals surface area contributed by atoms with E-state index < -0.39 is 41.4 Å². The van der Waals surface area contributed by atoms with Gasteiger partial charge in [0.2, 0.25) is 11.8 Å². The van der Waals surface area contributed by atoms with E-state index >= 15 is 0 Å². The molecule has 0 saturated heterocycles. The molecule has 0 aliphatic rings. The van der Waals surface area contributed by atoms with Crippen LogP contribution in [-0.4, -0.2) is 41.3 Å². The van der Waals surface area contributed by atoms with Gasteiger partial charge in [-0.15, -0.1) is 0 Å². The maximum Gasteiger partial charge on any atom is 0.417 e. The summed E-state index contributed by atoms with van der Waals surface area (Å²) in [7, 11) is 0. The van der Waals surface area contributed by atoms with E-state index in [0.29, 0.717) is 12.3 Å². The van der Waals surface area contributed by atoms with Crippen molar-refractivity contribution in [2.75, 3.05) is 6.61 Å². The average Bonchev–Trinajstić information content (AvgIpc) is 2.55. The molecular weight excluding hydrogens is 427 g/mol. The van der Waals surface area contributed by atoms with E-state index in [1.807, 2.05) is 0 Å². The molecule has 1 heterocycles. The minimum atomic E-state index is -4.57. The Morgan fingerprint density at radius 1 is 1.17 bits per heavy atom. The Labute approximate surface area is 178 Å². The zero-order chi connectivity index (χ0) is 23.3. The molecule has 0 radical (unpaired) electrons. The molecule has 30 heavy (non-hydrogen) atoms. The number of nitrogens with zero attached hydrogens (tertiary/aromatic N) is 1. The minimum Gasteiger partial charge on any atom is -0.474 e. The van der Waals surface area contributed by atoms with Crippen molar-refractivity contribution in [1.29, 1.82) is 0 Å². The lowest BCUT2D eigenvalue weighted by molar-refractivity contribution is -0.137. The highest BCUT2D eigenvalue weighted by molar-refractivity contribution is 6.31. The molecule has 2 amide bonds. The summed E-state index contributed by atoms with van der Waals surface area (Å²) in [6.45, 7) is 10.2. The molecule has 1 unspecified atom stereocenters. The number of pyridine rings is 1. The number of halogens is 4. The van der Waals surface area contributed by atoms with Crippen molar-refractivity contribution in [3.05, 3.63) is 22.8 Å². The van der Waals surface area contributed by atoms with Crippen LogP contribution in [0.3, 0.4) is 0 Å². The lowest BCUT2D eigenvalue weighted by atomic mass is 10.0. The van der Waals surface area contributed by atoms with Gasteiger partial charge in [-0.2, -0.15) is 13.2 Å². The second-order valence-corrected chi connectivity index (χ2v) is 8.50. The number of carbonyl (C=O) groups excluding carboxylic acids is 2. The molecule has 1 aromatic rings. The maximum atomic E-state index is 12.7. The molecule has 0 bridgehead atoms. The van der Waals surface area contributed by atoms with Crippen molar-refractivity contribution >= 4 is 23.6 Å². The average molecular weight is 454 g/mol. The summed E-state index contributed by atoms with van der Waals surface area (Å²) in [6.07, 6.45) is -4.67. The first-order valence-electron chi connectivity index (χ1n) is 9.25. The molecule has 0 aliphatic heterocycles. The van der Waals surface area contributed by atoms with Crippen LogP contribution in [0.15, 0.2) is 12.3 Å². The quantitative estimate of drug-likeness (QED) is 0.646. The van der Waals surface area contributed by atoms with Crippen LogP contribution in [-0.2, 0) is 15.7 Å². The van der Waals surface area contributed by atoms with Gasteiger partial charge in [-0.1, -0.05) is 25.4 Å². The smallest absolute Gasteiger partial charge is 0.417 e. The monoisotopic (exact) mass is 453 g/mol. The molecule has 1 aromatic heterocycles. The number of amides is 2. The van der Waals surface area contributed by atoms with E-state index in [1.54, 1.807) is 41.5 Å². The lowest BCUT2D eigenvalue weighted by Gasteiger charge is -2.26. The molecule has 7 nitrogen and oxygen atoms in total. The molecule has 2 N–H and O–H groups in total. The van der Waals surface area contributed by atoms with E-state index in [2.05, 4.69) is 15.6 Å². The molecule has 0 saturated carbocycles.